The van der Waals surface area contributed by atoms with E-state index in [2.05, 4.69) is 4.74 Å². The summed E-state index contributed by atoms with van der Waals surface area (Å²) in [6.45, 7) is 3.21. The minimum atomic E-state index is -4.73. The van der Waals surface area contributed by atoms with Crippen LogP contribution >= 0.6 is 0 Å². The number of alkyl halides is 3. The largest absolute Gasteiger partial charge is 0.573 e. The maximum absolute atomic E-state index is 12.1. The summed E-state index contributed by atoms with van der Waals surface area (Å²) in [6.07, 6.45) is -4.11. The molecule has 1 rings (SSSR count). The van der Waals surface area contributed by atoms with Crippen LogP contribution in [0.4, 0.5) is 13.2 Å². The number of carboxylic acid groups (broad SMARTS) is 1. The van der Waals surface area contributed by atoms with Crippen LogP contribution in [0, 0.1) is 5.92 Å². The predicted molar refractivity (Wildman–Crippen MR) is 70.8 cm³/mol. The summed E-state index contributed by atoms with van der Waals surface area (Å²) in [7, 11) is 0. The highest BCUT2D eigenvalue weighted by atomic mass is 19.4. The number of hydrogen-bond acceptors (Lipinski definition) is 3. The molecule has 0 bridgehead atoms. The molecule has 0 saturated heterocycles. The van der Waals surface area contributed by atoms with Crippen molar-refractivity contribution in [3.63, 3.8) is 0 Å². The number of halogens is 3. The second-order valence-electron chi connectivity index (χ2n) is 5.43. The van der Waals surface area contributed by atoms with Crippen molar-refractivity contribution in [1.29, 1.82) is 0 Å². The summed E-state index contributed by atoms with van der Waals surface area (Å²) >= 11 is 0. The quantitative estimate of drug-likeness (QED) is 0.847. The van der Waals surface area contributed by atoms with E-state index in [-0.39, 0.29) is 18.1 Å². The molecule has 0 spiro atoms. The van der Waals surface area contributed by atoms with Gasteiger partial charge in [-0.1, -0.05) is 19.1 Å². The van der Waals surface area contributed by atoms with Gasteiger partial charge < -0.3 is 15.6 Å². The number of ether oxygens (including phenoxy) is 1. The van der Waals surface area contributed by atoms with Crippen molar-refractivity contribution in [1.82, 2.24) is 0 Å². The molecule has 4 nitrogen and oxygen atoms in total. The highest BCUT2D eigenvalue weighted by Gasteiger charge is 2.31. The molecular formula is C14H18F3NO3. The molecule has 7 heteroatoms. The first-order valence-electron chi connectivity index (χ1n) is 6.36. The lowest BCUT2D eigenvalue weighted by atomic mass is 9.87. The van der Waals surface area contributed by atoms with E-state index in [1.165, 1.54) is 25.1 Å². The molecule has 0 fully saturated rings. The van der Waals surface area contributed by atoms with Gasteiger partial charge in [-0.3, -0.25) is 4.79 Å². The lowest BCUT2D eigenvalue weighted by Crippen LogP contribution is -2.46. The first kappa shape index (κ1) is 17.3. The van der Waals surface area contributed by atoms with Crippen molar-refractivity contribution in [2.45, 2.75) is 38.6 Å². The Morgan fingerprint density at radius 1 is 1.43 bits per heavy atom. The second kappa shape index (κ2) is 6.34. The molecule has 0 aliphatic heterocycles. The van der Waals surface area contributed by atoms with Crippen molar-refractivity contribution in [2.24, 2.45) is 11.7 Å². The number of benzene rings is 1. The minimum absolute atomic E-state index is 0.0998. The van der Waals surface area contributed by atoms with Crippen molar-refractivity contribution < 1.29 is 27.8 Å². The first-order chi connectivity index (χ1) is 9.49. The average molecular weight is 305 g/mol. The van der Waals surface area contributed by atoms with Gasteiger partial charge in [-0.2, -0.15) is 0 Å². The van der Waals surface area contributed by atoms with E-state index in [4.69, 9.17) is 10.8 Å². The summed E-state index contributed by atoms with van der Waals surface area (Å²) < 4.78 is 40.3. The molecule has 0 aliphatic rings. The minimum Gasteiger partial charge on any atom is -0.480 e. The number of rotatable bonds is 6. The molecular weight excluding hydrogens is 287 g/mol. The Labute approximate surface area is 120 Å². The number of carboxylic acids is 1. The molecule has 0 aromatic heterocycles. The molecule has 21 heavy (non-hydrogen) atoms. The molecule has 0 amide bonds. The van der Waals surface area contributed by atoms with Gasteiger partial charge >= 0.3 is 12.3 Å². The number of aliphatic carboxylic acids is 1. The van der Waals surface area contributed by atoms with Crippen LogP contribution in [-0.4, -0.2) is 23.0 Å². The Hall–Kier alpha value is -1.76. The summed E-state index contributed by atoms with van der Waals surface area (Å²) in [5.74, 6) is -1.50. The van der Waals surface area contributed by atoms with Crippen LogP contribution in [0.3, 0.4) is 0 Å². The molecule has 3 N–H and O–H groups in total. The van der Waals surface area contributed by atoms with Crippen molar-refractivity contribution >= 4 is 5.97 Å². The van der Waals surface area contributed by atoms with Crippen molar-refractivity contribution in [3.05, 3.63) is 29.8 Å². The zero-order chi connectivity index (χ0) is 16.3. The number of hydrogen-bond donors (Lipinski definition) is 2. The van der Waals surface area contributed by atoms with Crippen LogP contribution < -0.4 is 10.5 Å². The van der Waals surface area contributed by atoms with Gasteiger partial charge in [-0.15, -0.1) is 13.2 Å². The van der Waals surface area contributed by atoms with Gasteiger partial charge in [0.2, 0.25) is 0 Å². The van der Waals surface area contributed by atoms with E-state index in [0.29, 0.717) is 12.0 Å². The fourth-order valence-electron chi connectivity index (χ4n) is 2.16. The van der Waals surface area contributed by atoms with Gasteiger partial charge in [0.15, 0.2) is 0 Å². The normalized spacial score (nSPS) is 16.1. The summed E-state index contributed by atoms with van der Waals surface area (Å²) in [6, 6.07) is 5.63. The Morgan fingerprint density at radius 2 is 2.05 bits per heavy atom. The molecule has 118 valence electrons. The molecule has 0 radical (unpaired) electrons. The Bertz CT molecular complexity index is 500. The SMILES string of the molecule is CC(Cc1cccc(OC(F)(F)F)c1)CC(C)(N)C(=O)O. The molecule has 0 heterocycles. The third kappa shape index (κ3) is 6.03. The van der Waals surface area contributed by atoms with E-state index in [1.807, 2.05) is 0 Å². The number of carbonyl (C=O) groups is 1. The van der Waals surface area contributed by atoms with Gasteiger partial charge in [-0.05, 0) is 43.4 Å². The van der Waals surface area contributed by atoms with Gasteiger partial charge in [0.05, 0.1) is 0 Å². The topological polar surface area (TPSA) is 72.5 Å². The van der Waals surface area contributed by atoms with Crippen molar-refractivity contribution in [2.75, 3.05) is 0 Å². The monoisotopic (exact) mass is 305 g/mol. The molecule has 2 unspecified atom stereocenters. The van der Waals surface area contributed by atoms with E-state index < -0.39 is 17.9 Å². The number of nitrogens with two attached hydrogens (primary N) is 1. The summed E-state index contributed by atoms with van der Waals surface area (Å²) in [5.41, 5.74) is 4.92. The maximum atomic E-state index is 12.1. The van der Waals surface area contributed by atoms with Crippen LogP contribution in [-0.2, 0) is 11.2 Å². The van der Waals surface area contributed by atoms with Crippen LogP contribution in [0.2, 0.25) is 0 Å². The zero-order valence-electron chi connectivity index (χ0n) is 11.8. The van der Waals surface area contributed by atoms with Gasteiger partial charge in [0.25, 0.3) is 0 Å². The lowest BCUT2D eigenvalue weighted by molar-refractivity contribution is -0.274. The zero-order valence-corrected chi connectivity index (χ0v) is 11.8. The van der Waals surface area contributed by atoms with Crippen LogP contribution in [0.5, 0.6) is 5.75 Å². The highest BCUT2D eigenvalue weighted by Crippen LogP contribution is 2.25. The van der Waals surface area contributed by atoms with Gasteiger partial charge in [0, 0.05) is 0 Å². The fourth-order valence-corrected chi connectivity index (χ4v) is 2.16. The fraction of sp³-hybridized carbons (Fsp3) is 0.500. The third-order valence-electron chi connectivity index (χ3n) is 2.98. The van der Waals surface area contributed by atoms with Crippen LogP contribution in [0.15, 0.2) is 24.3 Å². The first-order valence-corrected chi connectivity index (χ1v) is 6.36. The van der Waals surface area contributed by atoms with E-state index in [1.54, 1.807) is 13.0 Å². The Morgan fingerprint density at radius 3 is 2.57 bits per heavy atom. The predicted octanol–water partition coefficient (Wildman–Crippen LogP) is 2.96. The van der Waals surface area contributed by atoms with Crippen LogP contribution in [0.1, 0.15) is 25.8 Å². The van der Waals surface area contributed by atoms with E-state index in [9.17, 15) is 18.0 Å². The molecule has 1 aromatic rings. The van der Waals surface area contributed by atoms with E-state index >= 15 is 0 Å². The van der Waals surface area contributed by atoms with Crippen molar-refractivity contribution in [3.8, 4) is 5.75 Å². The Balaban J connectivity index is 2.71. The average Bonchev–Trinajstić information content (AvgIpc) is 2.25. The molecule has 1 aromatic carbocycles. The summed E-state index contributed by atoms with van der Waals surface area (Å²) in [4.78, 5) is 10.9. The molecule has 2 atom stereocenters. The molecule has 0 saturated carbocycles. The second-order valence-corrected chi connectivity index (χ2v) is 5.43. The van der Waals surface area contributed by atoms with Crippen LogP contribution in [0.25, 0.3) is 0 Å². The van der Waals surface area contributed by atoms with Gasteiger partial charge in [0.1, 0.15) is 11.3 Å². The van der Waals surface area contributed by atoms with Gasteiger partial charge in [-0.25, -0.2) is 0 Å². The molecule has 0 aliphatic carbocycles. The smallest absolute Gasteiger partial charge is 0.480 e. The summed E-state index contributed by atoms with van der Waals surface area (Å²) in [5, 5.41) is 8.96. The maximum Gasteiger partial charge on any atom is 0.573 e. The standard InChI is InChI=1S/C14H18F3NO3/c1-9(8-13(2,18)12(19)20)6-10-4-3-5-11(7-10)21-14(15,16)17/h3-5,7,9H,6,8,18H2,1-2H3,(H,19,20). The highest BCUT2D eigenvalue weighted by molar-refractivity contribution is 5.77. The lowest BCUT2D eigenvalue weighted by Gasteiger charge is -2.23. The Kier molecular flexibility index (Phi) is 5.22. The third-order valence-corrected chi connectivity index (χ3v) is 2.98. The van der Waals surface area contributed by atoms with E-state index in [0.717, 1.165) is 0 Å².